The fourth-order valence-electron chi connectivity index (χ4n) is 2.75. The van der Waals surface area contributed by atoms with E-state index in [1.54, 1.807) is 0 Å². The number of aromatic nitrogens is 2. The standard InChI is InChI=1S/C14H26N4/c1-17(13-5-3-4-6-13)11-9-15-8-7-14-16-10-12-18(14)2/h10,12-13,15H,3-9,11H2,1-2H3. The SMILES string of the molecule is CN(CCNCCc1nccn1C)C1CCCC1. The van der Waals surface area contributed by atoms with Gasteiger partial charge in [-0.2, -0.15) is 0 Å². The van der Waals surface area contributed by atoms with Gasteiger partial charge in [0.15, 0.2) is 0 Å². The molecule has 0 aromatic carbocycles. The Morgan fingerprint density at radius 3 is 2.83 bits per heavy atom. The molecule has 102 valence electrons. The Bertz CT molecular complexity index is 341. The van der Waals surface area contributed by atoms with E-state index in [1.165, 1.54) is 25.7 Å². The number of hydrogen-bond acceptors (Lipinski definition) is 3. The third kappa shape index (κ3) is 3.82. The van der Waals surface area contributed by atoms with Crippen molar-refractivity contribution in [1.82, 2.24) is 19.8 Å². The number of rotatable bonds is 7. The lowest BCUT2D eigenvalue weighted by Gasteiger charge is -2.23. The molecule has 4 nitrogen and oxygen atoms in total. The van der Waals surface area contributed by atoms with E-state index in [2.05, 4.69) is 33.9 Å². The first-order valence-electron chi connectivity index (χ1n) is 7.14. The smallest absolute Gasteiger partial charge is 0.109 e. The molecule has 1 aromatic heterocycles. The van der Waals surface area contributed by atoms with Crippen molar-refractivity contribution in [2.75, 3.05) is 26.7 Å². The van der Waals surface area contributed by atoms with Crippen LogP contribution in [0.15, 0.2) is 12.4 Å². The van der Waals surface area contributed by atoms with Crippen LogP contribution in [-0.4, -0.2) is 47.2 Å². The van der Waals surface area contributed by atoms with Gasteiger partial charge < -0.3 is 14.8 Å². The first kappa shape index (κ1) is 13.6. The maximum absolute atomic E-state index is 4.32. The largest absolute Gasteiger partial charge is 0.338 e. The summed E-state index contributed by atoms with van der Waals surface area (Å²) in [6.07, 6.45) is 10.5. The summed E-state index contributed by atoms with van der Waals surface area (Å²) in [7, 11) is 4.31. The van der Waals surface area contributed by atoms with E-state index in [9.17, 15) is 0 Å². The molecular formula is C14H26N4. The number of aryl methyl sites for hydroxylation is 1. The van der Waals surface area contributed by atoms with Gasteiger partial charge in [0.2, 0.25) is 0 Å². The highest BCUT2D eigenvalue weighted by atomic mass is 15.1. The second-order valence-corrected chi connectivity index (χ2v) is 5.37. The molecule has 1 N–H and O–H groups in total. The molecule has 0 saturated heterocycles. The normalized spacial score (nSPS) is 16.8. The molecule has 18 heavy (non-hydrogen) atoms. The molecular weight excluding hydrogens is 224 g/mol. The molecule has 0 bridgehead atoms. The van der Waals surface area contributed by atoms with Crippen LogP contribution in [0.2, 0.25) is 0 Å². The van der Waals surface area contributed by atoms with Crippen LogP contribution in [0.1, 0.15) is 31.5 Å². The third-order valence-electron chi connectivity index (χ3n) is 4.04. The maximum atomic E-state index is 4.32. The van der Waals surface area contributed by atoms with Gasteiger partial charge >= 0.3 is 0 Å². The van der Waals surface area contributed by atoms with E-state index >= 15 is 0 Å². The van der Waals surface area contributed by atoms with Gasteiger partial charge in [-0.05, 0) is 19.9 Å². The third-order valence-corrected chi connectivity index (χ3v) is 4.04. The fraction of sp³-hybridized carbons (Fsp3) is 0.786. The highest BCUT2D eigenvalue weighted by molar-refractivity contribution is 4.91. The van der Waals surface area contributed by atoms with E-state index in [4.69, 9.17) is 0 Å². The monoisotopic (exact) mass is 250 g/mol. The van der Waals surface area contributed by atoms with Crippen molar-refractivity contribution < 1.29 is 0 Å². The van der Waals surface area contributed by atoms with Crippen molar-refractivity contribution in [1.29, 1.82) is 0 Å². The van der Waals surface area contributed by atoms with Gasteiger partial charge in [0.05, 0.1) is 0 Å². The average Bonchev–Trinajstić information content (AvgIpc) is 3.00. The average molecular weight is 250 g/mol. The van der Waals surface area contributed by atoms with E-state index in [0.29, 0.717) is 0 Å². The molecule has 1 aromatic rings. The first-order chi connectivity index (χ1) is 8.77. The lowest BCUT2D eigenvalue weighted by Crippen LogP contribution is -2.36. The van der Waals surface area contributed by atoms with Crippen LogP contribution in [0.25, 0.3) is 0 Å². The van der Waals surface area contributed by atoms with Crippen molar-refractivity contribution in [2.45, 2.75) is 38.1 Å². The lowest BCUT2D eigenvalue weighted by atomic mass is 10.2. The van der Waals surface area contributed by atoms with Crippen LogP contribution in [0, 0.1) is 0 Å². The van der Waals surface area contributed by atoms with Crippen molar-refractivity contribution in [3.63, 3.8) is 0 Å². The zero-order chi connectivity index (χ0) is 12.8. The molecule has 1 aliphatic rings. The van der Waals surface area contributed by atoms with E-state index in [0.717, 1.165) is 37.9 Å². The topological polar surface area (TPSA) is 33.1 Å². The molecule has 0 atom stereocenters. The van der Waals surface area contributed by atoms with Crippen LogP contribution in [0.5, 0.6) is 0 Å². The van der Waals surface area contributed by atoms with Gasteiger partial charge in [-0.15, -0.1) is 0 Å². The summed E-state index contributed by atoms with van der Waals surface area (Å²) in [4.78, 5) is 6.84. The van der Waals surface area contributed by atoms with Gasteiger partial charge in [0.25, 0.3) is 0 Å². The Morgan fingerprint density at radius 2 is 2.17 bits per heavy atom. The van der Waals surface area contributed by atoms with Crippen molar-refractivity contribution in [3.8, 4) is 0 Å². The van der Waals surface area contributed by atoms with E-state index in [1.807, 2.05) is 12.4 Å². The molecule has 1 heterocycles. The van der Waals surface area contributed by atoms with E-state index in [-0.39, 0.29) is 0 Å². The zero-order valence-corrected chi connectivity index (χ0v) is 11.7. The second-order valence-electron chi connectivity index (χ2n) is 5.37. The summed E-state index contributed by atoms with van der Waals surface area (Å²) in [6, 6.07) is 0.835. The first-order valence-corrected chi connectivity index (χ1v) is 7.14. The van der Waals surface area contributed by atoms with E-state index < -0.39 is 0 Å². The molecule has 2 rings (SSSR count). The zero-order valence-electron chi connectivity index (χ0n) is 11.7. The summed E-state index contributed by atoms with van der Waals surface area (Å²) in [6.45, 7) is 3.26. The molecule has 0 aliphatic heterocycles. The molecule has 1 aliphatic carbocycles. The van der Waals surface area contributed by atoms with Gasteiger partial charge in [-0.1, -0.05) is 12.8 Å². The van der Waals surface area contributed by atoms with Crippen molar-refractivity contribution in [3.05, 3.63) is 18.2 Å². The minimum absolute atomic E-state index is 0.835. The van der Waals surface area contributed by atoms with Crippen molar-refractivity contribution >= 4 is 0 Å². The summed E-state index contributed by atoms with van der Waals surface area (Å²) >= 11 is 0. The summed E-state index contributed by atoms with van der Waals surface area (Å²) in [5.41, 5.74) is 0. The Labute approximate surface area is 110 Å². The molecule has 4 heteroatoms. The van der Waals surface area contributed by atoms with Gasteiger partial charge in [-0.3, -0.25) is 0 Å². The van der Waals surface area contributed by atoms with Crippen molar-refractivity contribution in [2.24, 2.45) is 7.05 Å². The summed E-state index contributed by atoms with van der Waals surface area (Å²) < 4.78 is 2.09. The number of nitrogens with zero attached hydrogens (tertiary/aromatic N) is 3. The van der Waals surface area contributed by atoms with Gasteiger partial charge in [0.1, 0.15) is 5.82 Å². The Morgan fingerprint density at radius 1 is 1.39 bits per heavy atom. The second kappa shape index (κ2) is 6.90. The molecule has 1 fully saturated rings. The van der Waals surface area contributed by atoms with Crippen LogP contribution in [0.4, 0.5) is 0 Å². The molecule has 0 spiro atoms. The number of imidazole rings is 1. The fourth-order valence-corrected chi connectivity index (χ4v) is 2.75. The molecule has 0 amide bonds. The quantitative estimate of drug-likeness (QED) is 0.743. The Kier molecular flexibility index (Phi) is 5.20. The minimum atomic E-state index is 0.835. The maximum Gasteiger partial charge on any atom is 0.109 e. The number of likely N-dealkylation sites (N-methyl/N-ethyl adjacent to an activating group) is 1. The number of hydrogen-bond donors (Lipinski definition) is 1. The van der Waals surface area contributed by atoms with Gasteiger partial charge in [-0.25, -0.2) is 4.98 Å². The van der Waals surface area contributed by atoms with Crippen LogP contribution in [-0.2, 0) is 13.5 Å². The molecule has 0 unspecified atom stereocenters. The summed E-state index contributed by atoms with van der Waals surface area (Å²) in [5, 5.41) is 3.51. The predicted octanol–water partition coefficient (Wildman–Crippen LogP) is 1.43. The predicted molar refractivity (Wildman–Crippen MR) is 74.7 cm³/mol. The van der Waals surface area contributed by atoms with Crippen LogP contribution >= 0.6 is 0 Å². The highest BCUT2D eigenvalue weighted by Gasteiger charge is 2.18. The lowest BCUT2D eigenvalue weighted by molar-refractivity contribution is 0.246. The minimum Gasteiger partial charge on any atom is -0.338 e. The molecule has 0 radical (unpaired) electrons. The Hall–Kier alpha value is -0.870. The van der Waals surface area contributed by atoms with Crippen LogP contribution in [0.3, 0.4) is 0 Å². The summed E-state index contributed by atoms with van der Waals surface area (Å²) in [5.74, 6) is 1.16. The number of nitrogens with one attached hydrogen (secondary N) is 1. The van der Waals surface area contributed by atoms with Crippen LogP contribution < -0.4 is 5.32 Å². The highest BCUT2D eigenvalue weighted by Crippen LogP contribution is 2.21. The van der Waals surface area contributed by atoms with Gasteiger partial charge in [0, 0.05) is 51.5 Å². The Balaban J connectivity index is 1.54. The molecule has 1 saturated carbocycles.